The highest BCUT2D eigenvalue weighted by Crippen LogP contribution is 2.20. The lowest BCUT2D eigenvalue weighted by Crippen LogP contribution is -2.04. The first-order valence-electron chi connectivity index (χ1n) is 6.84. The SMILES string of the molecule is CCCCCCCCNc1cccc(N)c1C. The van der Waals surface area contributed by atoms with Crippen molar-refractivity contribution in [2.75, 3.05) is 17.6 Å². The maximum absolute atomic E-state index is 5.87. The fraction of sp³-hybridized carbons (Fsp3) is 0.600. The van der Waals surface area contributed by atoms with Crippen LogP contribution in [0.4, 0.5) is 11.4 Å². The molecule has 0 fully saturated rings. The van der Waals surface area contributed by atoms with E-state index in [2.05, 4.69) is 25.2 Å². The van der Waals surface area contributed by atoms with Crippen molar-refractivity contribution in [2.45, 2.75) is 52.4 Å². The van der Waals surface area contributed by atoms with Crippen molar-refractivity contribution >= 4 is 11.4 Å². The standard InChI is InChI=1S/C15H26N2/c1-3-4-5-6-7-8-12-17-15-11-9-10-14(16)13(15)2/h9-11,17H,3-8,12,16H2,1-2H3. The van der Waals surface area contributed by atoms with E-state index in [0.717, 1.165) is 12.2 Å². The van der Waals surface area contributed by atoms with E-state index in [4.69, 9.17) is 5.73 Å². The van der Waals surface area contributed by atoms with E-state index >= 15 is 0 Å². The largest absolute Gasteiger partial charge is 0.398 e. The van der Waals surface area contributed by atoms with Crippen molar-refractivity contribution in [3.63, 3.8) is 0 Å². The number of hydrogen-bond donors (Lipinski definition) is 2. The summed E-state index contributed by atoms with van der Waals surface area (Å²) in [6.07, 6.45) is 8.02. The van der Waals surface area contributed by atoms with Gasteiger partial charge in [0.05, 0.1) is 0 Å². The van der Waals surface area contributed by atoms with E-state index in [1.807, 2.05) is 12.1 Å². The fourth-order valence-electron chi connectivity index (χ4n) is 1.97. The molecule has 2 heteroatoms. The number of anilines is 2. The minimum absolute atomic E-state index is 0.873. The molecule has 96 valence electrons. The molecule has 0 aliphatic rings. The third-order valence-electron chi connectivity index (χ3n) is 3.22. The number of unbranched alkanes of at least 4 members (excludes halogenated alkanes) is 5. The van der Waals surface area contributed by atoms with Gasteiger partial charge >= 0.3 is 0 Å². The predicted molar refractivity (Wildman–Crippen MR) is 77.5 cm³/mol. The Morgan fingerprint density at radius 2 is 1.76 bits per heavy atom. The smallest absolute Gasteiger partial charge is 0.0390 e. The average Bonchev–Trinajstić information content (AvgIpc) is 2.33. The Kier molecular flexibility index (Phi) is 6.53. The minimum Gasteiger partial charge on any atom is -0.398 e. The monoisotopic (exact) mass is 234 g/mol. The van der Waals surface area contributed by atoms with E-state index in [-0.39, 0.29) is 0 Å². The summed E-state index contributed by atoms with van der Waals surface area (Å²) in [7, 11) is 0. The molecule has 0 saturated carbocycles. The summed E-state index contributed by atoms with van der Waals surface area (Å²) < 4.78 is 0. The molecule has 1 aromatic carbocycles. The van der Waals surface area contributed by atoms with Crippen molar-refractivity contribution < 1.29 is 0 Å². The van der Waals surface area contributed by atoms with E-state index in [1.54, 1.807) is 0 Å². The summed E-state index contributed by atoms with van der Waals surface area (Å²) >= 11 is 0. The first kappa shape index (κ1) is 13.9. The molecule has 0 heterocycles. The lowest BCUT2D eigenvalue weighted by atomic mass is 10.1. The van der Waals surface area contributed by atoms with E-state index < -0.39 is 0 Å². The molecule has 1 rings (SSSR count). The average molecular weight is 234 g/mol. The van der Waals surface area contributed by atoms with Crippen molar-refractivity contribution in [3.05, 3.63) is 23.8 Å². The Hall–Kier alpha value is -1.18. The van der Waals surface area contributed by atoms with E-state index in [0.29, 0.717) is 0 Å². The Labute approximate surface area is 106 Å². The molecule has 0 unspecified atom stereocenters. The van der Waals surface area contributed by atoms with Gasteiger partial charge in [-0.2, -0.15) is 0 Å². The van der Waals surface area contributed by atoms with Crippen LogP contribution in [-0.2, 0) is 0 Å². The molecule has 0 aromatic heterocycles. The number of hydrogen-bond acceptors (Lipinski definition) is 2. The van der Waals surface area contributed by atoms with Gasteiger partial charge in [-0.3, -0.25) is 0 Å². The van der Waals surface area contributed by atoms with Gasteiger partial charge in [-0.15, -0.1) is 0 Å². The highest BCUT2D eigenvalue weighted by molar-refractivity contribution is 5.62. The second-order valence-corrected chi connectivity index (χ2v) is 4.71. The highest BCUT2D eigenvalue weighted by Gasteiger charge is 1.99. The van der Waals surface area contributed by atoms with Crippen LogP contribution in [0.5, 0.6) is 0 Å². The summed E-state index contributed by atoms with van der Waals surface area (Å²) in [6.45, 7) is 5.37. The minimum atomic E-state index is 0.873. The molecule has 17 heavy (non-hydrogen) atoms. The van der Waals surface area contributed by atoms with Crippen LogP contribution in [0.2, 0.25) is 0 Å². The fourth-order valence-corrected chi connectivity index (χ4v) is 1.97. The Bertz CT molecular complexity index is 321. The summed E-state index contributed by atoms with van der Waals surface area (Å²) in [5.41, 5.74) is 9.08. The molecule has 0 saturated heterocycles. The summed E-state index contributed by atoms with van der Waals surface area (Å²) in [5, 5.41) is 3.46. The maximum atomic E-state index is 5.87. The zero-order valence-electron chi connectivity index (χ0n) is 11.3. The van der Waals surface area contributed by atoms with Gasteiger partial charge in [0.1, 0.15) is 0 Å². The van der Waals surface area contributed by atoms with Crippen LogP contribution in [-0.4, -0.2) is 6.54 Å². The van der Waals surface area contributed by atoms with Gasteiger partial charge in [0, 0.05) is 17.9 Å². The quantitative estimate of drug-likeness (QED) is 0.518. The van der Waals surface area contributed by atoms with Crippen LogP contribution >= 0.6 is 0 Å². The molecular formula is C15H26N2. The lowest BCUT2D eigenvalue weighted by molar-refractivity contribution is 0.617. The van der Waals surface area contributed by atoms with Crippen LogP contribution in [0.25, 0.3) is 0 Å². The molecule has 0 aliphatic heterocycles. The second-order valence-electron chi connectivity index (χ2n) is 4.71. The zero-order chi connectivity index (χ0) is 12.5. The number of nitrogen functional groups attached to an aromatic ring is 1. The Balaban J connectivity index is 2.16. The zero-order valence-corrected chi connectivity index (χ0v) is 11.3. The van der Waals surface area contributed by atoms with Gasteiger partial charge in [-0.1, -0.05) is 45.1 Å². The van der Waals surface area contributed by atoms with Crippen LogP contribution in [0.15, 0.2) is 18.2 Å². The van der Waals surface area contributed by atoms with E-state index in [9.17, 15) is 0 Å². The van der Waals surface area contributed by atoms with Crippen molar-refractivity contribution in [1.82, 2.24) is 0 Å². The predicted octanol–water partition coefficient (Wildman–Crippen LogP) is 4.35. The van der Waals surface area contributed by atoms with Crippen LogP contribution in [0, 0.1) is 6.92 Å². The maximum Gasteiger partial charge on any atom is 0.0390 e. The Morgan fingerprint density at radius 3 is 2.53 bits per heavy atom. The molecule has 0 amide bonds. The number of nitrogens with two attached hydrogens (primary N) is 1. The van der Waals surface area contributed by atoms with Gasteiger partial charge in [-0.05, 0) is 31.0 Å². The lowest BCUT2D eigenvalue weighted by Gasteiger charge is -2.10. The molecule has 0 radical (unpaired) electrons. The molecule has 0 atom stereocenters. The van der Waals surface area contributed by atoms with Gasteiger partial charge in [-0.25, -0.2) is 0 Å². The second kappa shape index (κ2) is 7.99. The number of rotatable bonds is 8. The summed E-state index contributed by atoms with van der Waals surface area (Å²) in [6, 6.07) is 6.06. The molecule has 3 N–H and O–H groups in total. The first-order chi connectivity index (χ1) is 8.25. The summed E-state index contributed by atoms with van der Waals surface area (Å²) in [5.74, 6) is 0. The van der Waals surface area contributed by atoms with Crippen molar-refractivity contribution in [3.8, 4) is 0 Å². The van der Waals surface area contributed by atoms with Crippen LogP contribution in [0.1, 0.15) is 51.0 Å². The van der Waals surface area contributed by atoms with Gasteiger partial charge < -0.3 is 11.1 Å². The van der Waals surface area contributed by atoms with Gasteiger partial charge in [0.15, 0.2) is 0 Å². The molecule has 0 aliphatic carbocycles. The van der Waals surface area contributed by atoms with Gasteiger partial charge in [0.25, 0.3) is 0 Å². The molecule has 0 spiro atoms. The molecular weight excluding hydrogens is 208 g/mol. The van der Waals surface area contributed by atoms with Crippen LogP contribution < -0.4 is 11.1 Å². The summed E-state index contributed by atoms with van der Waals surface area (Å²) in [4.78, 5) is 0. The molecule has 1 aromatic rings. The van der Waals surface area contributed by atoms with E-state index in [1.165, 1.54) is 49.8 Å². The van der Waals surface area contributed by atoms with Gasteiger partial charge in [0.2, 0.25) is 0 Å². The third kappa shape index (κ3) is 5.12. The first-order valence-corrected chi connectivity index (χ1v) is 6.84. The normalized spacial score (nSPS) is 10.5. The number of benzene rings is 1. The number of nitrogens with one attached hydrogen (secondary N) is 1. The highest BCUT2D eigenvalue weighted by atomic mass is 14.9. The topological polar surface area (TPSA) is 38.0 Å². The van der Waals surface area contributed by atoms with Crippen molar-refractivity contribution in [2.24, 2.45) is 0 Å². The molecule has 0 bridgehead atoms. The Morgan fingerprint density at radius 1 is 1.06 bits per heavy atom. The third-order valence-corrected chi connectivity index (χ3v) is 3.22. The molecule has 2 nitrogen and oxygen atoms in total. The van der Waals surface area contributed by atoms with Crippen LogP contribution in [0.3, 0.4) is 0 Å². The van der Waals surface area contributed by atoms with Crippen molar-refractivity contribution in [1.29, 1.82) is 0 Å².